The van der Waals surface area contributed by atoms with Crippen molar-refractivity contribution in [2.75, 3.05) is 10.6 Å². The van der Waals surface area contributed by atoms with E-state index in [9.17, 15) is 5.11 Å². The average Bonchev–Trinajstić information content (AvgIpc) is 3.08. The number of nitrogens with zero attached hydrogens (tertiary/aromatic N) is 4. The maximum absolute atomic E-state index is 9.66. The number of anilines is 3. The first-order chi connectivity index (χ1) is 12.7. The summed E-state index contributed by atoms with van der Waals surface area (Å²) in [5.41, 5.74) is 2.19. The summed E-state index contributed by atoms with van der Waals surface area (Å²) in [5.74, 6) is 1.40. The van der Waals surface area contributed by atoms with Crippen molar-refractivity contribution in [1.29, 1.82) is 5.26 Å². The monoisotopic (exact) mass is 348 g/mol. The van der Waals surface area contributed by atoms with Gasteiger partial charge in [-0.05, 0) is 62.1 Å². The van der Waals surface area contributed by atoms with Crippen LogP contribution in [0.25, 0.3) is 5.65 Å². The van der Waals surface area contributed by atoms with E-state index in [4.69, 9.17) is 5.26 Å². The molecule has 2 aromatic heterocycles. The molecule has 0 unspecified atom stereocenters. The van der Waals surface area contributed by atoms with Crippen LogP contribution < -0.4 is 10.6 Å². The van der Waals surface area contributed by atoms with Gasteiger partial charge < -0.3 is 15.7 Å². The van der Waals surface area contributed by atoms with E-state index in [1.807, 2.05) is 30.3 Å². The van der Waals surface area contributed by atoms with E-state index in [-0.39, 0.29) is 6.10 Å². The number of nitriles is 1. The Balaban J connectivity index is 1.54. The Morgan fingerprint density at radius 3 is 2.58 bits per heavy atom. The SMILES string of the molecule is N#Cc1ccc(Nc2nc3cccc(N[C@H]4CC[C@@H](O)CC4)n3n2)cc1. The van der Waals surface area contributed by atoms with Gasteiger partial charge in [0, 0.05) is 11.7 Å². The fraction of sp³-hybridized carbons (Fsp3) is 0.316. The predicted octanol–water partition coefficient (Wildman–Crippen LogP) is 3.06. The third-order valence-corrected chi connectivity index (χ3v) is 4.68. The van der Waals surface area contributed by atoms with E-state index in [1.165, 1.54) is 0 Å². The van der Waals surface area contributed by atoms with Crippen LogP contribution in [0.4, 0.5) is 17.5 Å². The number of benzene rings is 1. The first kappa shape index (κ1) is 16.4. The third-order valence-electron chi connectivity index (χ3n) is 4.68. The molecule has 0 radical (unpaired) electrons. The lowest BCUT2D eigenvalue weighted by atomic mass is 9.93. The molecule has 0 atom stereocenters. The molecule has 0 amide bonds. The van der Waals surface area contributed by atoms with Gasteiger partial charge in [0.05, 0.1) is 17.7 Å². The minimum Gasteiger partial charge on any atom is -0.393 e. The maximum atomic E-state index is 9.66. The topological polar surface area (TPSA) is 98.3 Å². The summed E-state index contributed by atoms with van der Waals surface area (Å²) >= 11 is 0. The number of aliphatic hydroxyl groups is 1. The molecule has 1 fully saturated rings. The van der Waals surface area contributed by atoms with Gasteiger partial charge in [-0.1, -0.05) is 6.07 Å². The highest BCUT2D eigenvalue weighted by atomic mass is 16.3. The van der Waals surface area contributed by atoms with Crippen LogP contribution in [0.2, 0.25) is 0 Å². The van der Waals surface area contributed by atoms with Crippen molar-refractivity contribution in [2.45, 2.75) is 37.8 Å². The molecule has 3 aromatic rings. The molecule has 0 bridgehead atoms. The van der Waals surface area contributed by atoms with Gasteiger partial charge in [0.25, 0.3) is 0 Å². The smallest absolute Gasteiger partial charge is 0.247 e. The van der Waals surface area contributed by atoms with Gasteiger partial charge in [0.2, 0.25) is 5.95 Å². The van der Waals surface area contributed by atoms with Gasteiger partial charge in [0.1, 0.15) is 5.82 Å². The van der Waals surface area contributed by atoms with Gasteiger partial charge in [-0.25, -0.2) is 0 Å². The van der Waals surface area contributed by atoms with Crippen molar-refractivity contribution in [1.82, 2.24) is 14.6 Å². The lowest BCUT2D eigenvalue weighted by Gasteiger charge is -2.26. The van der Waals surface area contributed by atoms with Gasteiger partial charge in [0.15, 0.2) is 5.65 Å². The molecule has 132 valence electrons. The Hall–Kier alpha value is -3.11. The lowest BCUT2D eigenvalue weighted by molar-refractivity contribution is 0.126. The largest absolute Gasteiger partial charge is 0.393 e. The summed E-state index contributed by atoms with van der Waals surface area (Å²) < 4.78 is 1.79. The van der Waals surface area contributed by atoms with Crippen LogP contribution >= 0.6 is 0 Å². The molecule has 0 aliphatic heterocycles. The van der Waals surface area contributed by atoms with Crippen LogP contribution in [0, 0.1) is 11.3 Å². The fourth-order valence-electron chi connectivity index (χ4n) is 3.25. The number of nitrogens with one attached hydrogen (secondary N) is 2. The zero-order valence-electron chi connectivity index (χ0n) is 14.3. The summed E-state index contributed by atoms with van der Waals surface area (Å²) in [6, 6.07) is 15.5. The molecule has 1 aliphatic carbocycles. The zero-order valence-corrected chi connectivity index (χ0v) is 14.3. The normalized spacial score (nSPS) is 19.8. The molecule has 26 heavy (non-hydrogen) atoms. The van der Waals surface area contributed by atoms with Crippen molar-refractivity contribution in [2.24, 2.45) is 0 Å². The van der Waals surface area contributed by atoms with Crippen molar-refractivity contribution in [3.63, 3.8) is 0 Å². The number of hydrogen-bond acceptors (Lipinski definition) is 6. The lowest BCUT2D eigenvalue weighted by Crippen LogP contribution is -2.29. The Morgan fingerprint density at radius 2 is 1.85 bits per heavy atom. The second-order valence-corrected chi connectivity index (χ2v) is 6.58. The van der Waals surface area contributed by atoms with E-state index in [0.29, 0.717) is 17.6 Å². The van der Waals surface area contributed by atoms with E-state index < -0.39 is 0 Å². The molecule has 2 heterocycles. The van der Waals surface area contributed by atoms with Crippen LogP contribution in [-0.4, -0.2) is 31.9 Å². The molecule has 0 spiro atoms. The van der Waals surface area contributed by atoms with Crippen molar-refractivity contribution < 1.29 is 5.11 Å². The van der Waals surface area contributed by atoms with E-state index in [2.05, 4.69) is 26.8 Å². The summed E-state index contributed by atoms with van der Waals surface area (Å²) in [6.45, 7) is 0. The number of hydrogen-bond donors (Lipinski definition) is 3. The molecule has 3 N–H and O–H groups in total. The van der Waals surface area contributed by atoms with Gasteiger partial charge in [-0.3, -0.25) is 0 Å². The number of aromatic nitrogens is 3. The second kappa shape index (κ2) is 7.02. The molecule has 7 heteroatoms. The number of fused-ring (bicyclic) bond motifs is 1. The highest BCUT2D eigenvalue weighted by Crippen LogP contribution is 2.23. The minimum absolute atomic E-state index is 0.168. The summed E-state index contributed by atoms with van der Waals surface area (Å²) in [5, 5.41) is 29.8. The Kier molecular flexibility index (Phi) is 4.42. The van der Waals surface area contributed by atoms with Crippen LogP contribution in [0.5, 0.6) is 0 Å². The fourth-order valence-corrected chi connectivity index (χ4v) is 3.25. The quantitative estimate of drug-likeness (QED) is 0.670. The molecule has 7 nitrogen and oxygen atoms in total. The minimum atomic E-state index is -0.168. The molecule has 0 saturated heterocycles. The van der Waals surface area contributed by atoms with Crippen LogP contribution in [0.1, 0.15) is 31.2 Å². The molecule has 1 aromatic carbocycles. The van der Waals surface area contributed by atoms with Crippen molar-refractivity contribution >= 4 is 23.1 Å². The molecule has 1 aliphatic rings. The van der Waals surface area contributed by atoms with Crippen LogP contribution in [0.15, 0.2) is 42.5 Å². The first-order valence-corrected chi connectivity index (χ1v) is 8.79. The van der Waals surface area contributed by atoms with E-state index in [0.717, 1.165) is 42.8 Å². The van der Waals surface area contributed by atoms with Crippen molar-refractivity contribution in [3.8, 4) is 6.07 Å². The zero-order chi connectivity index (χ0) is 17.9. The maximum Gasteiger partial charge on any atom is 0.247 e. The Labute approximate surface area is 151 Å². The number of aliphatic hydroxyl groups excluding tert-OH is 1. The van der Waals surface area contributed by atoms with Crippen molar-refractivity contribution in [3.05, 3.63) is 48.0 Å². The van der Waals surface area contributed by atoms with E-state index >= 15 is 0 Å². The summed E-state index contributed by atoms with van der Waals surface area (Å²) in [4.78, 5) is 4.51. The summed E-state index contributed by atoms with van der Waals surface area (Å²) in [6.07, 6.45) is 3.39. The van der Waals surface area contributed by atoms with Crippen LogP contribution in [-0.2, 0) is 0 Å². The highest BCUT2D eigenvalue weighted by molar-refractivity contribution is 5.58. The standard InChI is InChI=1S/C19H20N6O/c20-12-13-4-6-15(7-5-13)22-19-23-18-3-1-2-17(25(18)24-19)21-14-8-10-16(26)11-9-14/h1-7,14,16,21,26H,8-11H2,(H,22,24)/t14-,16+. The molecule has 4 rings (SSSR count). The average molecular weight is 348 g/mol. The molecular weight excluding hydrogens is 328 g/mol. The number of rotatable bonds is 4. The Bertz CT molecular complexity index is 935. The van der Waals surface area contributed by atoms with Crippen LogP contribution in [0.3, 0.4) is 0 Å². The highest BCUT2D eigenvalue weighted by Gasteiger charge is 2.20. The van der Waals surface area contributed by atoms with Gasteiger partial charge >= 0.3 is 0 Å². The van der Waals surface area contributed by atoms with Gasteiger partial charge in [-0.2, -0.15) is 14.8 Å². The first-order valence-electron chi connectivity index (χ1n) is 8.79. The second-order valence-electron chi connectivity index (χ2n) is 6.58. The van der Waals surface area contributed by atoms with E-state index in [1.54, 1.807) is 16.6 Å². The summed E-state index contributed by atoms with van der Waals surface area (Å²) in [7, 11) is 0. The number of pyridine rings is 1. The predicted molar refractivity (Wildman–Crippen MR) is 99.3 cm³/mol. The Morgan fingerprint density at radius 1 is 1.08 bits per heavy atom. The molecular formula is C19H20N6O. The van der Waals surface area contributed by atoms with Gasteiger partial charge in [-0.15, -0.1) is 5.10 Å². The third kappa shape index (κ3) is 3.46. The molecule has 1 saturated carbocycles.